The van der Waals surface area contributed by atoms with Crippen molar-refractivity contribution in [2.24, 2.45) is 5.92 Å². The summed E-state index contributed by atoms with van der Waals surface area (Å²) in [6.45, 7) is 4.50. The Balaban J connectivity index is 2.47. The molecule has 5 heteroatoms. The first-order chi connectivity index (χ1) is 10.1. The standard InChI is InChI=1S/C16H26N2O3/c1-12(2)14(9-10-19)18-16(20)17-11-15(21-3)13-7-5-4-6-8-13/h4-8,12,14-15,19H,9-11H2,1-3H3,(H2,17,18,20). The number of hydrogen-bond acceptors (Lipinski definition) is 3. The number of methoxy groups -OCH3 is 1. The van der Waals surface area contributed by atoms with Crippen molar-refractivity contribution in [1.82, 2.24) is 10.6 Å². The van der Waals surface area contributed by atoms with Crippen molar-refractivity contribution in [1.29, 1.82) is 0 Å². The fraction of sp³-hybridized carbons (Fsp3) is 0.562. The Morgan fingerprint density at radius 3 is 2.48 bits per heavy atom. The van der Waals surface area contributed by atoms with Gasteiger partial charge in [-0.1, -0.05) is 44.2 Å². The van der Waals surface area contributed by atoms with E-state index in [4.69, 9.17) is 9.84 Å². The molecule has 5 nitrogen and oxygen atoms in total. The minimum absolute atomic E-state index is 0.0345. The van der Waals surface area contributed by atoms with Gasteiger partial charge in [0.15, 0.2) is 0 Å². The Kier molecular flexibility index (Phi) is 7.79. The van der Waals surface area contributed by atoms with Crippen LogP contribution in [0, 0.1) is 5.92 Å². The summed E-state index contributed by atoms with van der Waals surface area (Å²) in [6, 6.07) is 9.49. The first-order valence-electron chi connectivity index (χ1n) is 7.31. The second kappa shape index (κ2) is 9.37. The molecular formula is C16H26N2O3. The van der Waals surface area contributed by atoms with Crippen molar-refractivity contribution >= 4 is 6.03 Å². The molecule has 0 fully saturated rings. The van der Waals surface area contributed by atoms with Crippen LogP contribution in [0.3, 0.4) is 0 Å². The lowest BCUT2D eigenvalue weighted by atomic mass is 10.0. The summed E-state index contributed by atoms with van der Waals surface area (Å²) in [5.74, 6) is 0.273. The lowest BCUT2D eigenvalue weighted by Crippen LogP contribution is -2.46. The zero-order valence-corrected chi connectivity index (χ0v) is 13.0. The van der Waals surface area contributed by atoms with Gasteiger partial charge in [-0.25, -0.2) is 4.79 Å². The summed E-state index contributed by atoms with van der Waals surface area (Å²) in [5, 5.41) is 14.7. The molecule has 0 aliphatic carbocycles. The van der Waals surface area contributed by atoms with Crippen molar-refractivity contribution in [2.75, 3.05) is 20.3 Å². The summed E-state index contributed by atoms with van der Waals surface area (Å²) in [5.41, 5.74) is 1.02. The Labute approximate surface area is 126 Å². The molecule has 1 aromatic carbocycles. The van der Waals surface area contributed by atoms with E-state index in [1.165, 1.54) is 0 Å². The molecule has 0 aliphatic rings. The molecule has 2 atom stereocenters. The molecule has 0 saturated carbocycles. The van der Waals surface area contributed by atoms with Gasteiger partial charge < -0.3 is 20.5 Å². The van der Waals surface area contributed by atoms with Crippen molar-refractivity contribution in [2.45, 2.75) is 32.4 Å². The Bertz CT molecular complexity index is 409. The normalized spacial score (nSPS) is 13.8. The molecule has 1 rings (SSSR count). The van der Waals surface area contributed by atoms with E-state index in [0.29, 0.717) is 13.0 Å². The van der Waals surface area contributed by atoms with Gasteiger partial charge in [-0.05, 0) is 17.9 Å². The summed E-state index contributed by atoms with van der Waals surface area (Å²) < 4.78 is 5.40. The molecule has 118 valence electrons. The van der Waals surface area contributed by atoms with Crippen LogP contribution in [0.25, 0.3) is 0 Å². The number of urea groups is 1. The van der Waals surface area contributed by atoms with Crippen LogP contribution in [-0.4, -0.2) is 37.4 Å². The molecule has 0 saturated heterocycles. The van der Waals surface area contributed by atoms with Crippen LogP contribution in [-0.2, 0) is 4.74 Å². The summed E-state index contributed by atoms with van der Waals surface area (Å²) >= 11 is 0. The van der Waals surface area contributed by atoms with Crippen LogP contribution in [0.5, 0.6) is 0 Å². The van der Waals surface area contributed by atoms with Crippen LogP contribution in [0.2, 0.25) is 0 Å². The number of amides is 2. The molecule has 2 unspecified atom stereocenters. The fourth-order valence-corrected chi connectivity index (χ4v) is 2.12. The highest BCUT2D eigenvalue weighted by Crippen LogP contribution is 2.14. The maximum atomic E-state index is 11.9. The van der Waals surface area contributed by atoms with Gasteiger partial charge >= 0.3 is 6.03 Å². The molecule has 2 amide bonds. The third-order valence-electron chi connectivity index (χ3n) is 3.47. The Morgan fingerprint density at radius 1 is 1.29 bits per heavy atom. The van der Waals surface area contributed by atoms with E-state index in [9.17, 15) is 4.79 Å². The van der Waals surface area contributed by atoms with Gasteiger partial charge in [-0.15, -0.1) is 0 Å². The number of benzene rings is 1. The molecule has 0 spiro atoms. The third-order valence-corrected chi connectivity index (χ3v) is 3.47. The van der Waals surface area contributed by atoms with Crippen molar-refractivity contribution in [3.8, 4) is 0 Å². The van der Waals surface area contributed by atoms with Gasteiger partial charge in [-0.2, -0.15) is 0 Å². The highest BCUT2D eigenvalue weighted by molar-refractivity contribution is 5.74. The zero-order valence-electron chi connectivity index (χ0n) is 13.0. The molecule has 0 heterocycles. The third kappa shape index (κ3) is 6.14. The SMILES string of the molecule is COC(CNC(=O)NC(CCO)C(C)C)c1ccccc1. The maximum absolute atomic E-state index is 11.9. The van der Waals surface area contributed by atoms with Crippen LogP contribution >= 0.6 is 0 Å². The van der Waals surface area contributed by atoms with E-state index >= 15 is 0 Å². The van der Waals surface area contributed by atoms with E-state index in [1.54, 1.807) is 7.11 Å². The minimum Gasteiger partial charge on any atom is -0.396 e. The van der Waals surface area contributed by atoms with Crippen molar-refractivity contribution < 1.29 is 14.6 Å². The predicted octanol–water partition coefficient (Wildman–Crippen LogP) is 2.08. The average molecular weight is 294 g/mol. The number of carbonyl (C=O) groups is 1. The monoisotopic (exact) mass is 294 g/mol. The topological polar surface area (TPSA) is 70.6 Å². The van der Waals surface area contributed by atoms with E-state index in [2.05, 4.69) is 10.6 Å². The van der Waals surface area contributed by atoms with E-state index in [1.807, 2.05) is 44.2 Å². The predicted molar refractivity (Wildman–Crippen MR) is 83.1 cm³/mol. The molecule has 1 aromatic rings. The highest BCUT2D eigenvalue weighted by atomic mass is 16.5. The minimum atomic E-state index is -0.236. The van der Waals surface area contributed by atoms with Gasteiger partial charge in [0.1, 0.15) is 0 Å². The highest BCUT2D eigenvalue weighted by Gasteiger charge is 2.17. The largest absolute Gasteiger partial charge is 0.396 e. The second-order valence-corrected chi connectivity index (χ2v) is 5.35. The van der Waals surface area contributed by atoms with Crippen LogP contribution < -0.4 is 10.6 Å². The number of aliphatic hydroxyl groups excluding tert-OH is 1. The van der Waals surface area contributed by atoms with Crippen molar-refractivity contribution in [3.05, 3.63) is 35.9 Å². The average Bonchev–Trinajstić information content (AvgIpc) is 2.48. The Hall–Kier alpha value is -1.59. The zero-order chi connectivity index (χ0) is 15.7. The van der Waals surface area contributed by atoms with Gasteiger partial charge in [-0.3, -0.25) is 0 Å². The summed E-state index contributed by atoms with van der Waals surface area (Å²) in [7, 11) is 1.62. The van der Waals surface area contributed by atoms with Gasteiger partial charge in [0.05, 0.1) is 6.10 Å². The lowest BCUT2D eigenvalue weighted by molar-refractivity contribution is 0.103. The molecular weight excluding hydrogens is 268 g/mol. The molecule has 0 bridgehead atoms. The first-order valence-corrected chi connectivity index (χ1v) is 7.31. The lowest BCUT2D eigenvalue weighted by Gasteiger charge is -2.23. The van der Waals surface area contributed by atoms with Crippen LogP contribution in [0.4, 0.5) is 4.79 Å². The van der Waals surface area contributed by atoms with Crippen molar-refractivity contribution in [3.63, 3.8) is 0 Å². The van der Waals surface area contributed by atoms with E-state index < -0.39 is 0 Å². The number of rotatable bonds is 8. The Morgan fingerprint density at radius 2 is 1.95 bits per heavy atom. The number of nitrogens with one attached hydrogen (secondary N) is 2. The van der Waals surface area contributed by atoms with Crippen LogP contribution in [0.1, 0.15) is 31.9 Å². The van der Waals surface area contributed by atoms with Crippen LogP contribution in [0.15, 0.2) is 30.3 Å². The molecule has 0 radical (unpaired) electrons. The molecule has 3 N–H and O–H groups in total. The van der Waals surface area contributed by atoms with E-state index in [0.717, 1.165) is 5.56 Å². The van der Waals surface area contributed by atoms with Gasteiger partial charge in [0.2, 0.25) is 0 Å². The molecule has 0 aromatic heterocycles. The number of ether oxygens (including phenoxy) is 1. The summed E-state index contributed by atoms with van der Waals surface area (Å²) in [6.07, 6.45) is 0.379. The smallest absolute Gasteiger partial charge is 0.315 e. The summed E-state index contributed by atoms with van der Waals surface area (Å²) in [4.78, 5) is 11.9. The second-order valence-electron chi connectivity index (χ2n) is 5.35. The molecule has 0 aliphatic heterocycles. The van der Waals surface area contributed by atoms with Gasteiger partial charge in [0.25, 0.3) is 0 Å². The fourth-order valence-electron chi connectivity index (χ4n) is 2.12. The quantitative estimate of drug-likeness (QED) is 0.687. The number of aliphatic hydroxyl groups is 1. The first kappa shape index (κ1) is 17.5. The number of carbonyl (C=O) groups excluding carboxylic acids is 1. The molecule has 21 heavy (non-hydrogen) atoms. The number of hydrogen-bond donors (Lipinski definition) is 3. The maximum Gasteiger partial charge on any atom is 0.315 e. The van der Waals surface area contributed by atoms with Gasteiger partial charge in [0, 0.05) is 26.3 Å². The van der Waals surface area contributed by atoms with E-state index in [-0.39, 0.29) is 30.7 Å².